The van der Waals surface area contributed by atoms with Gasteiger partial charge in [-0.15, -0.1) is 24.0 Å². The first kappa shape index (κ1) is 16.4. The minimum atomic E-state index is 0. The van der Waals surface area contributed by atoms with Crippen LogP contribution in [0.15, 0.2) is 23.2 Å². The molecule has 2 aliphatic carbocycles. The molecule has 0 saturated heterocycles. The highest BCUT2D eigenvalue weighted by Crippen LogP contribution is 2.31. The van der Waals surface area contributed by atoms with Gasteiger partial charge in [0.15, 0.2) is 5.96 Å². The number of guanidine groups is 1. The summed E-state index contributed by atoms with van der Waals surface area (Å²) >= 11 is 0. The molecular formula is C16H24IN3O. The van der Waals surface area contributed by atoms with Crippen LogP contribution in [0.4, 0.5) is 0 Å². The largest absolute Gasteiger partial charge is 0.493 e. The van der Waals surface area contributed by atoms with E-state index in [4.69, 9.17) is 10.5 Å². The van der Waals surface area contributed by atoms with Gasteiger partial charge in [0.05, 0.1) is 13.2 Å². The molecule has 0 bridgehead atoms. The average Bonchev–Trinajstić information content (AvgIpc) is 3.30. The predicted molar refractivity (Wildman–Crippen MR) is 96.3 cm³/mol. The summed E-state index contributed by atoms with van der Waals surface area (Å²) in [6.07, 6.45) is 5.02. The van der Waals surface area contributed by atoms with Crippen LogP contribution in [-0.2, 0) is 6.54 Å². The maximum Gasteiger partial charge on any atom is 0.189 e. The lowest BCUT2D eigenvalue weighted by Gasteiger charge is -2.11. The summed E-state index contributed by atoms with van der Waals surface area (Å²) < 4.78 is 5.94. The number of nitrogens with zero attached hydrogens (tertiary/aromatic N) is 1. The molecule has 0 spiro atoms. The Kier molecular flexibility index (Phi) is 5.72. The van der Waals surface area contributed by atoms with Crippen molar-refractivity contribution in [3.8, 4) is 5.75 Å². The van der Waals surface area contributed by atoms with Crippen LogP contribution in [0.25, 0.3) is 0 Å². The highest BCUT2D eigenvalue weighted by molar-refractivity contribution is 14.0. The van der Waals surface area contributed by atoms with Gasteiger partial charge in [-0.05, 0) is 50.2 Å². The molecule has 2 saturated carbocycles. The van der Waals surface area contributed by atoms with Gasteiger partial charge in [-0.2, -0.15) is 0 Å². The first-order valence-corrected chi connectivity index (χ1v) is 7.49. The summed E-state index contributed by atoms with van der Waals surface area (Å²) in [5, 5.41) is 3.20. The van der Waals surface area contributed by atoms with Crippen molar-refractivity contribution < 1.29 is 4.74 Å². The van der Waals surface area contributed by atoms with Gasteiger partial charge in [-0.1, -0.05) is 12.1 Å². The summed E-state index contributed by atoms with van der Waals surface area (Å²) in [4.78, 5) is 4.41. The molecule has 2 aliphatic rings. The molecule has 0 amide bonds. The van der Waals surface area contributed by atoms with Gasteiger partial charge in [0.1, 0.15) is 5.75 Å². The molecule has 3 N–H and O–H groups in total. The fourth-order valence-corrected chi connectivity index (χ4v) is 2.07. The van der Waals surface area contributed by atoms with E-state index in [1.807, 2.05) is 0 Å². The van der Waals surface area contributed by atoms with Crippen molar-refractivity contribution >= 4 is 29.9 Å². The smallest absolute Gasteiger partial charge is 0.189 e. The SMILES string of the molecule is Cc1ccc(CN=C(N)NC2CC2)c(OCC2CC2)c1.I. The van der Waals surface area contributed by atoms with Gasteiger partial charge in [0.25, 0.3) is 0 Å². The van der Waals surface area contributed by atoms with Gasteiger partial charge < -0.3 is 15.8 Å². The number of aliphatic imine (C=N–C) groups is 1. The molecule has 0 heterocycles. The fraction of sp³-hybridized carbons (Fsp3) is 0.562. The zero-order valence-corrected chi connectivity index (χ0v) is 14.8. The summed E-state index contributed by atoms with van der Waals surface area (Å²) in [6, 6.07) is 6.82. The molecule has 2 fully saturated rings. The number of halogens is 1. The van der Waals surface area contributed by atoms with Crippen molar-refractivity contribution in [1.82, 2.24) is 5.32 Å². The van der Waals surface area contributed by atoms with Gasteiger partial charge in [0, 0.05) is 11.6 Å². The van der Waals surface area contributed by atoms with E-state index in [1.165, 1.54) is 31.2 Å². The summed E-state index contributed by atoms with van der Waals surface area (Å²) in [6.45, 7) is 3.49. The lowest BCUT2D eigenvalue weighted by atomic mass is 10.1. The van der Waals surface area contributed by atoms with Gasteiger partial charge in [-0.25, -0.2) is 4.99 Å². The van der Waals surface area contributed by atoms with E-state index in [2.05, 4.69) is 35.4 Å². The molecule has 21 heavy (non-hydrogen) atoms. The molecule has 0 unspecified atom stereocenters. The highest BCUT2D eigenvalue weighted by Gasteiger charge is 2.23. The van der Waals surface area contributed by atoms with Crippen molar-refractivity contribution in [1.29, 1.82) is 0 Å². The maximum atomic E-state index is 5.94. The minimum Gasteiger partial charge on any atom is -0.493 e. The van der Waals surface area contributed by atoms with Gasteiger partial charge in [-0.3, -0.25) is 0 Å². The van der Waals surface area contributed by atoms with Crippen LogP contribution in [0.2, 0.25) is 0 Å². The Morgan fingerprint density at radius 2 is 2.10 bits per heavy atom. The van der Waals surface area contributed by atoms with E-state index in [1.54, 1.807) is 0 Å². The van der Waals surface area contributed by atoms with Crippen LogP contribution in [0, 0.1) is 12.8 Å². The highest BCUT2D eigenvalue weighted by atomic mass is 127. The summed E-state index contributed by atoms with van der Waals surface area (Å²) in [5.74, 6) is 2.26. The van der Waals surface area contributed by atoms with Crippen molar-refractivity contribution in [3.63, 3.8) is 0 Å². The van der Waals surface area contributed by atoms with Crippen LogP contribution in [-0.4, -0.2) is 18.6 Å². The second-order valence-electron chi connectivity index (χ2n) is 5.99. The quantitative estimate of drug-likeness (QED) is 0.438. The number of hydrogen-bond acceptors (Lipinski definition) is 2. The number of rotatable bonds is 6. The molecular weight excluding hydrogens is 377 g/mol. The van der Waals surface area contributed by atoms with E-state index in [0.29, 0.717) is 18.5 Å². The van der Waals surface area contributed by atoms with E-state index in [-0.39, 0.29) is 24.0 Å². The second-order valence-corrected chi connectivity index (χ2v) is 5.99. The molecule has 0 atom stereocenters. The third-order valence-electron chi connectivity index (χ3n) is 3.74. The molecule has 4 nitrogen and oxygen atoms in total. The minimum absolute atomic E-state index is 0. The molecule has 5 heteroatoms. The van der Waals surface area contributed by atoms with Crippen molar-refractivity contribution in [3.05, 3.63) is 29.3 Å². The Labute approximate surface area is 143 Å². The normalized spacial score (nSPS) is 18.0. The van der Waals surface area contributed by atoms with E-state index >= 15 is 0 Å². The first-order valence-electron chi connectivity index (χ1n) is 7.49. The zero-order chi connectivity index (χ0) is 13.9. The van der Waals surface area contributed by atoms with Crippen LogP contribution in [0.5, 0.6) is 5.75 Å². The lowest BCUT2D eigenvalue weighted by molar-refractivity contribution is 0.296. The Morgan fingerprint density at radius 1 is 1.33 bits per heavy atom. The fourth-order valence-electron chi connectivity index (χ4n) is 2.07. The Hall–Kier alpha value is -0.980. The molecule has 0 aliphatic heterocycles. The van der Waals surface area contributed by atoms with Crippen LogP contribution < -0.4 is 15.8 Å². The Bertz CT molecular complexity index is 510. The molecule has 0 aromatic heterocycles. The Balaban J connectivity index is 0.00000161. The van der Waals surface area contributed by atoms with Crippen molar-refractivity contribution in [2.45, 2.75) is 45.2 Å². The number of hydrogen-bond donors (Lipinski definition) is 2. The van der Waals surface area contributed by atoms with Crippen LogP contribution >= 0.6 is 24.0 Å². The number of nitrogens with two attached hydrogens (primary N) is 1. The molecule has 0 radical (unpaired) electrons. The summed E-state index contributed by atoms with van der Waals surface area (Å²) in [5.41, 5.74) is 8.20. The third-order valence-corrected chi connectivity index (χ3v) is 3.74. The van der Waals surface area contributed by atoms with Crippen molar-refractivity contribution in [2.75, 3.05) is 6.61 Å². The number of benzene rings is 1. The second kappa shape index (κ2) is 7.33. The van der Waals surface area contributed by atoms with Gasteiger partial charge in [0.2, 0.25) is 0 Å². The number of nitrogens with one attached hydrogen (secondary N) is 1. The average molecular weight is 401 g/mol. The van der Waals surface area contributed by atoms with Crippen LogP contribution in [0.1, 0.15) is 36.8 Å². The maximum absolute atomic E-state index is 5.94. The van der Waals surface area contributed by atoms with Gasteiger partial charge >= 0.3 is 0 Å². The molecule has 116 valence electrons. The van der Waals surface area contributed by atoms with E-state index < -0.39 is 0 Å². The zero-order valence-electron chi connectivity index (χ0n) is 12.5. The number of ether oxygens (including phenoxy) is 1. The first-order chi connectivity index (χ1) is 9.70. The third kappa shape index (κ3) is 5.37. The van der Waals surface area contributed by atoms with Crippen LogP contribution in [0.3, 0.4) is 0 Å². The molecule has 3 rings (SSSR count). The number of aryl methyl sites for hydroxylation is 1. The van der Waals surface area contributed by atoms with E-state index in [0.717, 1.165) is 23.8 Å². The standard InChI is InChI=1S/C16H23N3O.HI/c1-11-2-5-13(9-18-16(17)19-14-6-7-14)15(8-11)20-10-12-3-4-12;/h2,5,8,12,14H,3-4,6-7,9-10H2,1H3,(H3,17,18,19);1H. The predicted octanol–water partition coefficient (Wildman–Crippen LogP) is 2.97. The topological polar surface area (TPSA) is 59.6 Å². The monoisotopic (exact) mass is 401 g/mol. The summed E-state index contributed by atoms with van der Waals surface area (Å²) in [7, 11) is 0. The molecule has 1 aromatic rings. The van der Waals surface area contributed by atoms with E-state index in [9.17, 15) is 0 Å². The van der Waals surface area contributed by atoms with Crippen molar-refractivity contribution in [2.24, 2.45) is 16.6 Å². The Morgan fingerprint density at radius 3 is 2.76 bits per heavy atom. The lowest BCUT2D eigenvalue weighted by Crippen LogP contribution is -2.33. The molecule has 1 aromatic carbocycles.